The molecular formula is C26H22FN7O3. The van der Waals surface area contributed by atoms with E-state index in [0.717, 1.165) is 5.56 Å². The average molecular weight is 500 g/mol. The summed E-state index contributed by atoms with van der Waals surface area (Å²) >= 11 is 0. The number of anilines is 3. The van der Waals surface area contributed by atoms with Crippen LogP contribution >= 0.6 is 0 Å². The molecule has 0 unspecified atom stereocenters. The van der Waals surface area contributed by atoms with Gasteiger partial charge in [-0.25, -0.2) is 14.4 Å². The molecule has 1 atom stereocenters. The summed E-state index contributed by atoms with van der Waals surface area (Å²) < 4.78 is 26.0. The van der Waals surface area contributed by atoms with E-state index in [2.05, 4.69) is 35.7 Å². The van der Waals surface area contributed by atoms with Crippen LogP contribution in [0.1, 0.15) is 11.1 Å². The lowest BCUT2D eigenvalue weighted by Crippen LogP contribution is -2.37. The Labute approximate surface area is 211 Å². The third-order valence-corrected chi connectivity index (χ3v) is 6.08. The Hall–Kier alpha value is -4.64. The number of para-hydroxylation sites is 1. The molecule has 0 spiro atoms. The predicted molar refractivity (Wildman–Crippen MR) is 135 cm³/mol. The van der Waals surface area contributed by atoms with Gasteiger partial charge in [-0.2, -0.15) is 0 Å². The maximum absolute atomic E-state index is 14.7. The number of morpholine rings is 1. The number of hydrogen-bond donors (Lipinski definition) is 2. The summed E-state index contributed by atoms with van der Waals surface area (Å²) in [4.78, 5) is 24.3. The summed E-state index contributed by atoms with van der Waals surface area (Å²) in [6.07, 6.45) is 0.555. The van der Waals surface area contributed by atoms with Gasteiger partial charge in [0.05, 0.1) is 30.2 Å². The van der Waals surface area contributed by atoms with E-state index in [1.165, 1.54) is 6.07 Å². The van der Waals surface area contributed by atoms with E-state index in [1.807, 2.05) is 36.4 Å². The molecule has 0 saturated carbocycles. The largest absolute Gasteiger partial charge is 0.403 e. The summed E-state index contributed by atoms with van der Waals surface area (Å²) in [6, 6.07) is 17.5. The molecule has 1 amide bonds. The maximum Gasteiger partial charge on any atom is 0.317 e. The van der Waals surface area contributed by atoms with Gasteiger partial charge in [0, 0.05) is 30.4 Å². The minimum atomic E-state index is -1.15. The van der Waals surface area contributed by atoms with Crippen LogP contribution in [-0.4, -0.2) is 59.3 Å². The van der Waals surface area contributed by atoms with Crippen molar-refractivity contribution >= 4 is 29.1 Å². The van der Waals surface area contributed by atoms with Crippen molar-refractivity contribution in [2.75, 3.05) is 41.8 Å². The van der Waals surface area contributed by atoms with Crippen LogP contribution < -0.4 is 15.5 Å². The Bertz CT molecular complexity index is 1470. The van der Waals surface area contributed by atoms with E-state index in [9.17, 15) is 9.18 Å². The predicted octanol–water partition coefficient (Wildman–Crippen LogP) is 3.34. The Morgan fingerprint density at radius 2 is 1.78 bits per heavy atom. The molecule has 10 nitrogen and oxygen atoms in total. The first-order valence-electron chi connectivity index (χ1n) is 11.8. The highest BCUT2D eigenvalue weighted by Gasteiger charge is 2.29. The van der Waals surface area contributed by atoms with Gasteiger partial charge in [-0.05, 0) is 18.2 Å². The van der Waals surface area contributed by atoms with Crippen molar-refractivity contribution in [3.05, 3.63) is 83.8 Å². The van der Waals surface area contributed by atoms with Crippen LogP contribution in [0, 0.1) is 5.82 Å². The van der Waals surface area contributed by atoms with Gasteiger partial charge >= 0.3 is 6.01 Å². The number of nitrogens with zero attached hydrogens (tertiary/aromatic N) is 5. The number of carbonyl (C=O) groups excluding carboxylic acids is 1. The molecule has 2 aromatic heterocycles. The van der Waals surface area contributed by atoms with Gasteiger partial charge in [-0.15, -0.1) is 5.10 Å². The van der Waals surface area contributed by atoms with E-state index in [-0.39, 0.29) is 17.6 Å². The molecule has 2 aliphatic heterocycles. The van der Waals surface area contributed by atoms with Gasteiger partial charge in [-0.1, -0.05) is 47.6 Å². The summed E-state index contributed by atoms with van der Waals surface area (Å²) in [5.74, 6) is -0.161. The topological polar surface area (TPSA) is 118 Å². The summed E-state index contributed by atoms with van der Waals surface area (Å²) in [7, 11) is 0. The molecule has 2 aromatic carbocycles. The van der Waals surface area contributed by atoms with E-state index in [1.54, 1.807) is 24.4 Å². The number of carbonyl (C=O) groups is 1. The second-order valence-electron chi connectivity index (χ2n) is 8.43. The molecule has 0 radical (unpaired) electrons. The highest BCUT2D eigenvalue weighted by Crippen LogP contribution is 2.30. The van der Waals surface area contributed by atoms with E-state index < -0.39 is 17.9 Å². The van der Waals surface area contributed by atoms with E-state index >= 15 is 0 Å². The van der Waals surface area contributed by atoms with Gasteiger partial charge < -0.3 is 24.7 Å². The Balaban J connectivity index is 1.33. The minimum absolute atomic E-state index is 0.00507. The first-order chi connectivity index (χ1) is 18.2. The van der Waals surface area contributed by atoms with Crippen molar-refractivity contribution in [3.8, 4) is 11.5 Å². The Morgan fingerprint density at radius 1 is 0.973 bits per heavy atom. The number of benzodiazepines with no additional fused rings is 1. The molecule has 2 N–H and O–H groups in total. The summed E-state index contributed by atoms with van der Waals surface area (Å²) in [5, 5.41) is 13.8. The van der Waals surface area contributed by atoms with Crippen molar-refractivity contribution in [2.45, 2.75) is 6.17 Å². The van der Waals surface area contributed by atoms with Gasteiger partial charge in [0.15, 0.2) is 0 Å². The van der Waals surface area contributed by atoms with Crippen LogP contribution in [0.15, 0.2) is 76.3 Å². The SMILES string of the molecule is O=C1Nc2c(F)cccc2C(c2ccccc2)=N[C@@H]1Nc1nnc(-c2cccnc2N2CCOCC2)o1. The molecule has 186 valence electrons. The highest BCUT2D eigenvalue weighted by atomic mass is 19.1. The second-order valence-corrected chi connectivity index (χ2v) is 8.43. The fourth-order valence-corrected chi connectivity index (χ4v) is 4.32. The van der Waals surface area contributed by atoms with Crippen molar-refractivity contribution in [2.24, 2.45) is 4.99 Å². The number of aliphatic imine (C=N–C) groups is 1. The third kappa shape index (κ3) is 4.52. The number of hydrogen-bond acceptors (Lipinski definition) is 9. The Kier molecular flexibility index (Phi) is 6.03. The van der Waals surface area contributed by atoms with Crippen LogP contribution in [0.4, 0.5) is 21.9 Å². The number of fused-ring (bicyclic) bond motifs is 1. The average Bonchev–Trinajstić information content (AvgIpc) is 3.36. The van der Waals surface area contributed by atoms with Gasteiger partial charge in [0.1, 0.15) is 11.6 Å². The second kappa shape index (κ2) is 9.78. The van der Waals surface area contributed by atoms with Crippen LogP contribution in [0.3, 0.4) is 0 Å². The normalized spacial score (nSPS) is 17.4. The van der Waals surface area contributed by atoms with Crippen molar-refractivity contribution in [3.63, 3.8) is 0 Å². The lowest BCUT2D eigenvalue weighted by molar-refractivity contribution is -0.116. The van der Waals surface area contributed by atoms with Crippen LogP contribution in [-0.2, 0) is 9.53 Å². The zero-order valence-electron chi connectivity index (χ0n) is 19.6. The molecule has 0 bridgehead atoms. The van der Waals surface area contributed by atoms with E-state index in [0.29, 0.717) is 49.0 Å². The lowest BCUT2D eigenvalue weighted by atomic mass is 10.0. The molecule has 0 aliphatic carbocycles. The molecule has 37 heavy (non-hydrogen) atoms. The fraction of sp³-hybridized carbons (Fsp3) is 0.192. The number of aromatic nitrogens is 3. The zero-order valence-corrected chi connectivity index (χ0v) is 19.6. The summed E-state index contributed by atoms with van der Waals surface area (Å²) in [6.45, 7) is 2.60. The quantitative estimate of drug-likeness (QED) is 0.429. The molecule has 1 saturated heterocycles. The highest BCUT2D eigenvalue weighted by molar-refractivity contribution is 6.19. The van der Waals surface area contributed by atoms with Crippen molar-refractivity contribution < 1.29 is 18.3 Å². The molecule has 11 heteroatoms. The minimum Gasteiger partial charge on any atom is -0.403 e. The molecule has 2 aliphatic rings. The Morgan fingerprint density at radius 3 is 2.62 bits per heavy atom. The van der Waals surface area contributed by atoms with Gasteiger partial charge in [-0.3, -0.25) is 4.79 Å². The monoisotopic (exact) mass is 499 g/mol. The molecular weight excluding hydrogens is 477 g/mol. The van der Waals surface area contributed by atoms with E-state index in [4.69, 9.17) is 9.15 Å². The van der Waals surface area contributed by atoms with Crippen LogP contribution in [0.25, 0.3) is 11.5 Å². The van der Waals surface area contributed by atoms with Gasteiger partial charge in [0.25, 0.3) is 11.8 Å². The number of amides is 1. The number of halogens is 1. The fourth-order valence-electron chi connectivity index (χ4n) is 4.32. The lowest BCUT2D eigenvalue weighted by Gasteiger charge is -2.28. The number of rotatable bonds is 5. The number of ether oxygens (including phenoxy) is 1. The van der Waals surface area contributed by atoms with Crippen LogP contribution in [0.5, 0.6) is 0 Å². The van der Waals surface area contributed by atoms with Gasteiger partial charge in [0.2, 0.25) is 6.17 Å². The number of nitrogens with one attached hydrogen (secondary N) is 2. The maximum atomic E-state index is 14.7. The molecule has 4 heterocycles. The smallest absolute Gasteiger partial charge is 0.317 e. The van der Waals surface area contributed by atoms with Crippen molar-refractivity contribution in [1.29, 1.82) is 0 Å². The number of pyridine rings is 1. The number of benzene rings is 2. The van der Waals surface area contributed by atoms with Crippen molar-refractivity contribution in [1.82, 2.24) is 15.2 Å². The summed E-state index contributed by atoms with van der Waals surface area (Å²) in [5.41, 5.74) is 2.39. The standard InChI is InChI=1S/C26H22FN7O3/c27-19-10-4-8-17-20(16-6-2-1-3-7-16)29-22(24(35)30-21(17)19)31-26-33-32-25(37-26)18-9-5-11-28-23(18)34-12-14-36-15-13-34/h1-11,22H,12-15H2,(H,30,35)(H,31,33)/t22-/m1/s1. The molecule has 1 fully saturated rings. The first-order valence-corrected chi connectivity index (χ1v) is 11.8. The molecule has 4 aromatic rings. The zero-order chi connectivity index (χ0) is 25.2. The first kappa shape index (κ1) is 22.8. The third-order valence-electron chi connectivity index (χ3n) is 6.08. The molecule has 6 rings (SSSR count). The van der Waals surface area contributed by atoms with Crippen LogP contribution in [0.2, 0.25) is 0 Å².